The molecule has 0 radical (unpaired) electrons. The van der Waals surface area contributed by atoms with E-state index in [0.717, 1.165) is 43.7 Å². The fourth-order valence-electron chi connectivity index (χ4n) is 3.93. The Morgan fingerprint density at radius 3 is 2.71 bits per heavy atom. The Hall–Kier alpha value is -3.52. The zero-order valence-corrected chi connectivity index (χ0v) is 19.9. The summed E-state index contributed by atoms with van der Waals surface area (Å²) in [5, 5.41) is 13.0. The normalized spacial score (nSPS) is 15.4. The number of rotatable bonds is 6. The molecule has 0 atom stereocenters. The maximum atomic E-state index is 12.9. The number of carbonyl (C=O) groups is 1. The molecule has 0 saturated heterocycles. The van der Waals surface area contributed by atoms with Gasteiger partial charge in [0.2, 0.25) is 5.95 Å². The highest BCUT2D eigenvalue weighted by atomic mass is 16.1. The molecule has 8 heteroatoms. The Morgan fingerprint density at radius 2 is 1.91 bits per heavy atom. The van der Waals surface area contributed by atoms with Crippen LogP contribution in [0.25, 0.3) is 0 Å². The number of hydrogen-bond acceptors (Lipinski definition) is 7. The number of nitrogens with one attached hydrogen (secondary N) is 4. The SMILES string of the molecule is CC(C)(C)c1cccc(Nc2nc(Nc3ccc4c(c3)CNCC4)ncc2C(=O)NC2CC2)n1. The highest BCUT2D eigenvalue weighted by Gasteiger charge is 2.26. The van der Waals surface area contributed by atoms with E-state index in [1.807, 2.05) is 24.3 Å². The van der Waals surface area contributed by atoms with Crippen LogP contribution in [0.3, 0.4) is 0 Å². The van der Waals surface area contributed by atoms with Crippen molar-refractivity contribution in [1.82, 2.24) is 25.6 Å². The van der Waals surface area contributed by atoms with E-state index in [0.29, 0.717) is 23.1 Å². The molecule has 5 rings (SSSR count). The summed E-state index contributed by atoms with van der Waals surface area (Å²) in [6.45, 7) is 8.22. The zero-order valence-electron chi connectivity index (χ0n) is 19.9. The smallest absolute Gasteiger partial charge is 0.256 e. The molecule has 3 aromatic rings. The van der Waals surface area contributed by atoms with Crippen molar-refractivity contribution < 1.29 is 4.79 Å². The number of fused-ring (bicyclic) bond motifs is 1. The second-order valence-corrected chi connectivity index (χ2v) is 10.0. The van der Waals surface area contributed by atoms with Gasteiger partial charge in [-0.3, -0.25) is 4.79 Å². The molecular formula is C26H31N7O. The van der Waals surface area contributed by atoms with Crippen molar-refractivity contribution in [1.29, 1.82) is 0 Å². The molecule has 0 unspecified atom stereocenters. The van der Waals surface area contributed by atoms with Gasteiger partial charge in [0.25, 0.3) is 5.91 Å². The topological polar surface area (TPSA) is 104 Å². The van der Waals surface area contributed by atoms with Gasteiger partial charge in [0, 0.05) is 35.6 Å². The molecule has 34 heavy (non-hydrogen) atoms. The summed E-state index contributed by atoms with van der Waals surface area (Å²) in [6.07, 6.45) is 4.63. The van der Waals surface area contributed by atoms with Crippen molar-refractivity contribution in [2.75, 3.05) is 17.2 Å². The maximum Gasteiger partial charge on any atom is 0.256 e. The summed E-state index contributed by atoms with van der Waals surface area (Å²) in [5.74, 6) is 1.30. The Bertz CT molecular complexity index is 1210. The zero-order chi connectivity index (χ0) is 23.7. The molecule has 1 aromatic carbocycles. The predicted octanol–water partition coefficient (Wildman–Crippen LogP) is 4.19. The summed E-state index contributed by atoms with van der Waals surface area (Å²) in [7, 11) is 0. The van der Waals surface area contributed by atoms with E-state index >= 15 is 0 Å². The minimum absolute atomic E-state index is 0.0937. The monoisotopic (exact) mass is 457 g/mol. The van der Waals surface area contributed by atoms with Gasteiger partial charge in [0.1, 0.15) is 17.2 Å². The third kappa shape index (κ3) is 5.17. The van der Waals surface area contributed by atoms with Crippen LogP contribution in [0.1, 0.15) is 60.8 Å². The molecule has 0 bridgehead atoms. The Kier molecular flexibility index (Phi) is 5.91. The number of amides is 1. The first-order valence-corrected chi connectivity index (χ1v) is 11.9. The lowest BCUT2D eigenvalue weighted by Gasteiger charge is -2.19. The van der Waals surface area contributed by atoms with Gasteiger partial charge < -0.3 is 21.3 Å². The van der Waals surface area contributed by atoms with Crippen molar-refractivity contribution in [3.63, 3.8) is 0 Å². The summed E-state index contributed by atoms with van der Waals surface area (Å²) in [6, 6.07) is 12.4. The highest BCUT2D eigenvalue weighted by molar-refractivity contribution is 5.99. The first-order valence-electron chi connectivity index (χ1n) is 11.9. The summed E-state index contributed by atoms with van der Waals surface area (Å²) >= 11 is 0. The first-order chi connectivity index (χ1) is 16.3. The minimum atomic E-state index is -0.177. The standard InChI is InChI=1S/C26H31N7O/c1-26(2,3)21-5-4-6-22(31-21)32-23-20(24(34)29-18-9-10-18)15-28-25(33-23)30-19-8-7-16-11-12-27-14-17(16)13-19/h4-8,13,15,18,27H,9-12,14H2,1-3H3,(H,29,34)(H2,28,30,31,32,33). The van der Waals surface area contributed by atoms with E-state index in [2.05, 4.69) is 64.1 Å². The van der Waals surface area contributed by atoms with Crippen molar-refractivity contribution in [3.05, 3.63) is 65.0 Å². The largest absolute Gasteiger partial charge is 0.349 e. The van der Waals surface area contributed by atoms with Crippen LogP contribution >= 0.6 is 0 Å². The predicted molar refractivity (Wildman–Crippen MR) is 134 cm³/mol. The molecule has 176 valence electrons. The van der Waals surface area contributed by atoms with Crippen molar-refractivity contribution in [2.24, 2.45) is 0 Å². The van der Waals surface area contributed by atoms with Gasteiger partial charge in [-0.25, -0.2) is 9.97 Å². The fourth-order valence-corrected chi connectivity index (χ4v) is 3.93. The molecule has 1 aliphatic heterocycles. The maximum absolute atomic E-state index is 12.9. The van der Waals surface area contributed by atoms with Crippen LogP contribution in [0.5, 0.6) is 0 Å². The molecular weight excluding hydrogens is 426 g/mol. The Balaban J connectivity index is 1.44. The number of pyridine rings is 1. The van der Waals surface area contributed by atoms with E-state index in [1.54, 1.807) is 6.20 Å². The van der Waals surface area contributed by atoms with Crippen LogP contribution < -0.4 is 21.3 Å². The third-order valence-electron chi connectivity index (χ3n) is 6.06. The molecule has 3 heterocycles. The Morgan fingerprint density at radius 1 is 1.06 bits per heavy atom. The molecule has 1 amide bonds. The summed E-state index contributed by atoms with van der Waals surface area (Å²) < 4.78 is 0. The van der Waals surface area contributed by atoms with Gasteiger partial charge >= 0.3 is 0 Å². The van der Waals surface area contributed by atoms with Gasteiger partial charge in [0.15, 0.2) is 0 Å². The lowest BCUT2D eigenvalue weighted by Crippen LogP contribution is -2.27. The van der Waals surface area contributed by atoms with Crippen molar-refractivity contribution in [3.8, 4) is 0 Å². The minimum Gasteiger partial charge on any atom is -0.349 e. The van der Waals surface area contributed by atoms with Gasteiger partial charge in [-0.2, -0.15) is 4.98 Å². The highest BCUT2D eigenvalue weighted by Crippen LogP contribution is 2.26. The molecule has 0 spiro atoms. The second kappa shape index (κ2) is 9.02. The number of anilines is 4. The molecule has 4 N–H and O–H groups in total. The van der Waals surface area contributed by atoms with Gasteiger partial charge in [0.05, 0.1) is 0 Å². The van der Waals surface area contributed by atoms with E-state index in [1.165, 1.54) is 11.1 Å². The van der Waals surface area contributed by atoms with Crippen LogP contribution in [0.2, 0.25) is 0 Å². The van der Waals surface area contributed by atoms with Gasteiger partial charge in [-0.05, 0) is 61.2 Å². The second-order valence-electron chi connectivity index (χ2n) is 10.0. The van der Waals surface area contributed by atoms with Crippen LogP contribution in [-0.2, 0) is 18.4 Å². The molecule has 1 fully saturated rings. The average Bonchev–Trinajstić information content (AvgIpc) is 3.63. The quantitative estimate of drug-likeness (QED) is 0.440. The van der Waals surface area contributed by atoms with Crippen molar-refractivity contribution >= 4 is 29.2 Å². The van der Waals surface area contributed by atoms with E-state index < -0.39 is 0 Å². The number of benzene rings is 1. The van der Waals surface area contributed by atoms with Gasteiger partial charge in [-0.15, -0.1) is 0 Å². The molecule has 1 saturated carbocycles. The number of nitrogens with zero attached hydrogens (tertiary/aromatic N) is 3. The third-order valence-corrected chi connectivity index (χ3v) is 6.06. The summed E-state index contributed by atoms with van der Waals surface area (Å²) in [4.78, 5) is 26.7. The summed E-state index contributed by atoms with van der Waals surface area (Å²) in [5.41, 5.74) is 4.81. The molecule has 1 aliphatic carbocycles. The molecule has 2 aromatic heterocycles. The molecule has 2 aliphatic rings. The van der Waals surface area contributed by atoms with Crippen LogP contribution in [0.15, 0.2) is 42.6 Å². The molecule has 8 nitrogen and oxygen atoms in total. The van der Waals surface area contributed by atoms with Gasteiger partial charge in [-0.1, -0.05) is 32.9 Å². The van der Waals surface area contributed by atoms with Crippen LogP contribution in [-0.4, -0.2) is 33.4 Å². The number of aromatic nitrogens is 3. The fraction of sp³-hybridized carbons (Fsp3) is 0.385. The first kappa shape index (κ1) is 22.3. The number of carbonyl (C=O) groups excluding carboxylic acids is 1. The Labute approximate surface area is 200 Å². The lowest BCUT2D eigenvalue weighted by molar-refractivity contribution is 0.0951. The van der Waals surface area contributed by atoms with E-state index in [-0.39, 0.29) is 17.4 Å². The number of hydrogen-bond donors (Lipinski definition) is 4. The van der Waals surface area contributed by atoms with Crippen LogP contribution in [0, 0.1) is 0 Å². The van der Waals surface area contributed by atoms with E-state index in [4.69, 9.17) is 4.98 Å². The van der Waals surface area contributed by atoms with Crippen molar-refractivity contribution in [2.45, 2.75) is 58.0 Å². The average molecular weight is 458 g/mol. The lowest BCUT2D eigenvalue weighted by atomic mass is 9.92. The van der Waals surface area contributed by atoms with Crippen LogP contribution in [0.4, 0.5) is 23.3 Å². The van der Waals surface area contributed by atoms with E-state index in [9.17, 15) is 4.79 Å².